The van der Waals surface area contributed by atoms with Gasteiger partial charge in [-0.05, 0) is 48.7 Å². The Labute approximate surface area is 216 Å². The molecule has 0 aliphatic carbocycles. The van der Waals surface area contributed by atoms with Crippen molar-refractivity contribution >= 4 is 42.4 Å². The van der Waals surface area contributed by atoms with E-state index >= 15 is 0 Å². The molecule has 2 heterocycles. The Morgan fingerprint density at radius 3 is 2.61 bits per heavy atom. The van der Waals surface area contributed by atoms with Crippen LogP contribution < -0.4 is 9.64 Å². The van der Waals surface area contributed by atoms with Gasteiger partial charge in [-0.1, -0.05) is 30.4 Å². The molecule has 1 fully saturated rings. The van der Waals surface area contributed by atoms with E-state index in [0.717, 1.165) is 61.5 Å². The highest BCUT2D eigenvalue weighted by Gasteiger charge is 2.24. The summed E-state index contributed by atoms with van der Waals surface area (Å²) in [4.78, 5) is 22.4. The van der Waals surface area contributed by atoms with Gasteiger partial charge >= 0.3 is 0 Å². The summed E-state index contributed by atoms with van der Waals surface area (Å²) in [5.41, 5.74) is 2.05. The molecule has 0 N–H and O–H groups in total. The summed E-state index contributed by atoms with van der Waals surface area (Å²) in [5, 5.41) is 0.625. The van der Waals surface area contributed by atoms with Crippen molar-refractivity contribution in [2.24, 2.45) is 0 Å². The number of para-hydroxylation sites is 1. The van der Waals surface area contributed by atoms with Crippen LogP contribution in [0.5, 0.6) is 5.75 Å². The van der Waals surface area contributed by atoms with Crippen molar-refractivity contribution in [3.8, 4) is 5.75 Å². The number of aryl methyl sites for hydroxylation is 1. The maximum Gasteiger partial charge on any atom is 0.229 e. The SMILES string of the molecule is CCc1cccc2sc(N(CCCN3CCOCC3)C(=O)CCS(=O)(=O)c3ccc(OC)cc3)nc12. The van der Waals surface area contributed by atoms with Gasteiger partial charge in [0.05, 0.1) is 41.2 Å². The van der Waals surface area contributed by atoms with Crippen LogP contribution in [0.3, 0.4) is 0 Å². The second-order valence-electron chi connectivity index (χ2n) is 8.71. The van der Waals surface area contributed by atoms with E-state index in [0.29, 0.717) is 17.4 Å². The quantitative estimate of drug-likeness (QED) is 0.372. The van der Waals surface area contributed by atoms with Crippen molar-refractivity contribution in [1.82, 2.24) is 9.88 Å². The highest BCUT2D eigenvalue weighted by Crippen LogP contribution is 2.32. The van der Waals surface area contributed by atoms with Crippen LogP contribution in [0, 0.1) is 0 Å². The summed E-state index contributed by atoms with van der Waals surface area (Å²) in [5.74, 6) is 0.0911. The molecule has 2 aromatic carbocycles. The summed E-state index contributed by atoms with van der Waals surface area (Å²) in [6.45, 7) is 6.64. The van der Waals surface area contributed by atoms with Gasteiger partial charge in [-0.15, -0.1) is 0 Å². The van der Waals surface area contributed by atoms with Gasteiger partial charge in [-0.3, -0.25) is 14.6 Å². The number of sulfone groups is 1. The Bertz CT molecular complexity index is 1270. The van der Waals surface area contributed by atoms with E-state index in [1.807, 2.05) is 12.1 Å². The Balaban J connectivity index is 1.50. The number of methoxy groups -OCH3 is 1. The van der Waals surface area contributed by atoms with Gasteiger partial charge in [0, 0.05) is 32.6 Å². The smallest absolute Gasteiger partial charge is 0.229 e. The molecule has 36 heavy (non-hydrogen) atoms. The zero-order valence-corrected chi connectivity index (χ0v) is 22.4. The van der Waals surface area contributed by atoms with Gasteiger partial charge in [-0.2, -0.15) is 0 Å². The number of benzene rings is 2. The first-order chi connectivity index (χ1) is 17.4. The van der Waals surface area contributed by atoms with Crippen LogP contribution in [0.4, 0.5) is 5.13 Å². The second-order valence-corrected chi connectivity index (χ2v) is 11.8. The minimum atomic E-state index is -3.61. The lowest BCUT2D eigenvalue weighted by Gasteiger charge is -2.27. The number of rotatable bonds is 11. The number of hydrogen-bond acceptors (Lipinski definition) is 8. The average Bonchev–Trinajstić information content (AvgIpc) is 3.34. The number of morpholine rings is 1. The average molecular weight is 532 g/mol. The number of nitrogens with zero attached hydrogens (tertiary/aromatic N) is 3. The predicted octanol–water partition coefficient (Wildman–Crippen LogP) is 3.79. The Morgan fingerprint density at radius 2 is 1.92 bits per heavy atom. The van der Waals surface area contributed by atoms with E-state index in [-0.39, 0.29) is 23.0 Å². The molecule has 0 saturated carbocycles. The summed E-state index contributed by atoms with van der Waals surface area (Å²) < 4.78 is 37.4. The van der Waals surface area contributed by atoms with Gasteiger partial charge in [-0.25, -0.2) is 13.4 Å². The molecule has 1 aromatic heterocycles. The number of hydrogen-bond donors (Lipinski definition) is 0. The number of anilines is 1. The number of amides is 1. The highest BCUT2D eigenvalue weighted by molar-refractivity contribution is 7.91. The first kappa shape index (κ1) is 26.5. The zero-order chi connectivity index (χ0) is 25.5. The van der Waals surface area contributed by atoms with Gasteiger partial charge in [0.25, 0.3) is 0 Å². The van der Waals surface area contributed by atoms with Gasteiger partial charge < -0.3 is 9.47 Å². The fraction of sp³-hybridized carbons (Fsp3) is 0.462. The van der Waals surface area contributed by atoms with Crippen molar-refractivity contribution in [2.75, 3.05) is 57.2 Å². The first-order valence-corrected chi connectivity index (χ1v) is 14.7. The largest absolute Gasteiger partial charge is 0.497 e. The van der Waals surface area contributed by atoms with Gasteiger partial charge in [0.15, 0.2) is 15.0 Å². The third kappa shape index (κ3) is 6.42. The van der Waals surface area contributed by atoms with Crippen molar-refractivity contribution < 1.29 is 22.7 Å². The molecule has 0 unspecified atom stereocenters. The maximum atomic E-state index is 13.4. The predicted molar refractivity (Wildman–Crippen MR) is 143 cm³/mol. The molecule has 0 spiro atoms. The van der Waals surface area contributed by atoms with Crippen LogP contribution in [0.15, 0.2) is 47.4 Å². The number of aromatic nitrogens is 1. The number of carbonyl (C=O) groups excluding carboxylic acids is 1. The van der Waals surface area contributed by atoms with Crippen LogP contribution >= 0.6 is 11.3 Å². The van der Waals surface area contributed by atoms with Crippen LogP contribution in [-0.4, -0.2) is 76.5 Å². The highest BCUT2D eigenvalue weighted by atomic mass is 32.2. The van der Waals surface area contributed by atoms with Crippen LogP contribution in [0.2, 0.25) is 0 Å². The molecule has 4 rings (SSSR count). The Morgan fingerprint density at radius 1 is 1.17 bits per heavy atom. The molecule has 10 heteroatoms. The van der Waals surface area contributed by atoms with E-state index in [1.165, 1.54) is 30.6 Å². The minimum Gasteiger partial charge on any atom is -0.497 e. The van der Waals surface area contributed by atoms with E-state index in [2.05, 4.69) is 17.9 Å². The van der Waals surface area contributed by atoms with Gasteiger partial charge in [0.1, 0.15) is 5.75 Å². The molecule has 1 saturated heterocycles. The third-order valence-corrected chi connectivity index (χ3v) is 9.14. The molecular weight excluding hydrogens is 498 g/mol. The first-order valence-electron chi connectivity index (χ1n) is 12.3. The molecule has 0 atom stereocenters. The Kier molecular flexibility index (Phi) is 8.95. The molecule has 194 valence electrons. The fourth-order valence-corrected chi connectivity index (χ4v) is 6.54. The van der Waals surface area contributed by atoms with E-state index in [4.69, 9.17) is 14.5 Å². The molecule has 0 radical (unpaired) electrons. The van der Waals surface area contributed by atoms with Crippen molar-refractivity contribution in [1.29, 1.82) is 0 Å². The Hall–Kier alpha value is -2.53. The monoisotopic (exact) mass is 531 g/mol. The van der Waals surface area contributed by atoms with Crippen LogP contribution in [0.1, 0.15) is 25.3 Å². The zero-order valence-electron chi connectivity index (χ0n) is 20.8. The summed E-state index contributed by atoms with van der Waals surface area (Å²) in [6, 6.07) is 12.3. The van der Waals surface area contributed by atoms with Gasteiger partial charge in [0.2, 0.25) is 5.91 Å². The summed E-state index contributed by atoms with van der Waals surface area (Å²) >= 11 is 1.48. The lowest BCUT2D eigenvalue weighted by molar-refractivity contribution is -0.118. The minimum absolute atomic E-state index is 0.109. The molecule has 1 aliphatic heterocycles. The third-order valence-electron chi connectivity index (χ3n) is 6.37. The molecule has 1 amide bonds. The lowest BCUT2D eigenvalue weighted by Crippen LogP contribution is -2.39. The summed E-state index contributed by atoms with van der Waals surface area (Å²) in [7, 11) is -2.08. The standard InChI is InChI=1S/C26H33N3O5S2/c1-3-20-6-4-7-23-25(20)27-26(35-23)29(14-5-13-28-15-17-34-18-16-28)24(30)12-19-36(31,32)22-10-8-21(33-2)9-11-22/h4,6-11H,3,5,12-19H2,1-2H3. The molecule has 1 aliphatic rings. The number of ether oxygens (including phenoxy) is 2. The van der Waals surface area contributed by atoms with Crippen molar-refractivity contribution in [3.05, 3.63) is 48.0 Å². The molecule has 0 bridgehead atoms. The van der Waals surface area contributed by atoms with E-state index in [9.17, 15) is 13.2 Å². The topological polar surface area (TPSA) is 89.0 Å². The fourth-order valence-electron chi connectivity index (χ4n) is 4.26. The van der Waals surface area contributed by atoms with Crippen LogP contribution in [-0.2, 0) is 25.8 Å². The van der Waals surface area contributed by atoms with E-state index in [1.54, 1.807) is 17.0 Å². The maximum absolute atomic E-state index is 13.4. The number of thiazole rings is 1. The molecular formula is C26H33N3O5S2. The van der Waals surface area contributed by atoms with Crippen molar-refractivity contribution in [2.45, 2.75) is 31.1 Å². The molecule has 8 nitrogen and oxygen atoms in total. The van der Waals surface area contributed by atoms with Crippen molar-refractivity contribution in [3.63, 3.8) is 0 Å². The number of fused-ring (bicyclic) bond motifs is 1. The second kappa shape index (κ2) is 12.1. The number of carbonyl (C=O) groups is 1. The lowest BCUT2D eigenvalue weighted by atomic mass is 10.1. The summed E-state index contributed by atoms with van der Waals surface area (Å²) in [6.07, 6.45) is 1.52. The van der Waals surface area contributed by atoms with Crippen LogP contribution in [0.25, 0.3) is 10.2 Å². The molecule has 3 aromatic rings. The van der Waals surface area contributed by atoms with E-state index < -0.39 is 9.84 Å². The normalized spacial score (nSPS) is 14.7.